The predicted molar refractivity (Wildman–Crippen MR) is 65.5 cm³/mol. The van der Waals surface area contributed by atoms with Crippen molar-refractivity contribution in [1.82, 2.24) is 0 Å². The molecule has 0 N–H and O–H groups in total. The fourth-order valence-electron chi connectivity index (χ4n) is 1.66. The second-order valence-corrected chi connectivity index (χ2v) is 5.52. The van der Waals surface area contributed by atoms with Gasteiger partial charge in [0, 0.05) is 6.42 Å². The second kappa shape index (κ2) is 6.28. The zero-order valence-electron chi connectivity index (χ0n) is 10.1. The molecule has 1 saturated carbocycles. The molecule has 0 radical (unpaired) electrons. The molecule has 0 spiro atoms. The van der Waals surface area contributed by atoms with Gasteiger partial charge in [-0.25, -0.2) is 0 Å². The van der Waals surface area contributed by atoms with Crippen molar-refractivity contribution >= 4 is 23.5 Å². The van der Waals surface area contributed by atoms with Gasteiger partial charge in [-0.2, -0.15) is 11.8 Å². The van der Waals surface area contributed by atoms with Gasteiger partial charge < -0.3 is 4.74 Å². The highest BCUT2D eigenvalue weighted by Crippen LogP contribution is 2.51. The molecule has 16 heavy (non-hydrogen) atoms. The Morgan fingerprint density at radius 1 is 1.38 bits per heavy atom. The van der Waals surface area contributed by atoms with E-state index in [2.05, 4.69) is 4.74 Å². The molecule has 1 aliphatic carbocycles. The molecule has 0 aliphatic heterocycles. The van der Waals surface area contributed by atoms with Gasteiger partial charge >= 0.3 is 5.97 Å². The van der Waals surface area contributed by atoms with E-state index in [0.717, 1.165) is 25.0 Å². The van der Waals surface area contributed by atoms with Crippen molar-refractivity contribution in [3.8, 4) is 0 Å². The first-order valence-electron chi connectivity index (χ1n) is 5.78. The van der Waals surface area contributed by atoms with Gasteiger partial charge in [0.15, 0.2) is 0 Å². The molecular formula is C12H20O3S. The number of hydrogen-bond donors (Lipinski definition) is 0. The average Bonchev–Trinajstić information content (AvgIpc) is 2.98. The maximum absolute atomic E-state index is 11.3. The molecule has 3 nitrogen and oxygen atoms in total. The van der Waals surface area contributed by atoms with Gasteiger partial charge in [0.05, 0.1) is 19.3 Å². The van der Waals surface area contributed by atoms with E-state index in [9.17, 15) is 9.59 Å². The first-order valence-corrected chi connectivity index (χ1v) is 6.93. The van der Waals surface area contributed by atoms with E-state index < -0.39 is 0 Å². The first-order chi connectivity index (χ1) is 7.62. The first kappa shape index (κ1) is 13.6. The van der Waals surface area contributed by atoms with E-state index in [4.69, 9.17) is 0 Å². The second-order valence-electron chi connectivity index (χ2n) is 4.53. The number of methoxy groups -OCH3 is 1. The van der Waals surface area contributed by atoms with Crippen LogP contribution in [-0.4, -0.2) is 30.4 Å². The summed E-state index contributed by atoms with van der Waals surface area (Å²) in [4.78, 5) is 22.5. The standard InChI is InChI=1S/C12H20O3S/c1-3-4-10(13)8-16-9-12(5-6-12)7-11(14)15-2/h3-9H2,1-2H3. The Morgan fingerprint density at radius 2 is 2.06 bits per heavy atom. The highest BCUT2D eigenvalue weighted by Gasteiger charge is 2.44. The quantitative estimate of drug-likeness (QED) is 0.615. The van der Waals surface area contributed by atoms with Crippen molar-refractivity contribution in [1.29, 1.82) is 0 Å². The van der Waals surface area contributed by atoms with Gasteiger partial charge in [0.25, 0.3) is 0 Å². The monoisotopic (exact) mass is 244 g/mol. The summed E-state index contributed by atoms with van der Waals surface area (Å²) >= 11 is 1.67. The van der Waals surface area contributed by atoms with Gasteiger partial charge in [-0.1, -0.05) is 6.92 Å². The molecule has 1 rings (SSSR count). The van der Waals surface area contributed by atoms with Crippen LogP contribution in [0.1, 0.15) is 39.0 Å². The summed E-state index contributed by atoms with van der Waals surface area (Å²) in [6, 6.07) is 0. The van der Waals surface area contributed by atoms with Crippen molar-refractivity contribution in [3.63, 3.8) is 0 Å². The van der Waals surface area contributed by atoms with Gasteiger partial charge in [0.1, 0.15) is 5.78 Å². The maximum Gasteiger partial charge on any atom is 0.306 e. The Labute approximate surface area is 101 Å². The Kier molecular flexibility index (Phi) is 5.32. The minimum Gasteiger partial charge on any atom is -0.469 e. The molecule has 0 bridgehead atoms. The van der Waals surface area contributed by atoms with Crippen LogP contribution < -0.4 is 0 Å². The van der Waals surface area contributed by atoms with Crippen LogP contribution in [0.2, 0.25) is 0 Å². The van der Waals surface area contributed by atoms with E-state index in [0.29, 0.717) is 24.4 Å². The molecule has 1 aliphatic rings. The molecular weight excluding hydrogens is 224 g/mol. The third-order valence-corrected chi connectivity index (χ3v) is 4.25. The minimum atomic E-state index is -0.127. The molecule has 92 valence electrons. The third-order valence-electron chi connectivity index (χ3n) is 2.90. The number of Topliss-reactive ketones (excluding diaryl/α,β-unsaturated/α-hetero) is 1. The zero-order valence-corrected chi connectivity index (χ0v) is 10.9. The zero-order chi connectivity index (χ0) is 12.0. The largest absolute Gasteiger partial charge is 0.469 e. The number of carbonyl (C=O) groups is 2. The normalized spacial score (nSPS) is 16.9. The number of hydrogen-bond acceptors (Lipinski definition) is 4. The summed E-state index contributed by atoms with van der Waals surface area (Å²) in [6.45, 7) is 2.02. The van der Waals surface area contributed by atoms with Crippen LogP contribution in [0.5, 0.6) is 0 Å². The van der Waals surface area contributed by atoms with Crippen LogP contribution in [0.15, 0.2) is 0 Å². The maximum atomic E-state index is 11.3. The Morgan fingerprint density at radius 3 is 2.56 bits per heavy atom. The Hall–Kier alpha value is -0.510. The van der Waals surface area contributed by atoms with E-state index in [1.165, 1.54) is 7.11 Å². The molecule has 0 atom stereocenters. The lowest BCUT2D eigenvalue weighted by atomic mass is 10.1. The fourth-order valence-corrected chi connectivity index (χ4v) is 2.96. The lowest BCUT2D eigenvalue weighted by Crippen LogP contribution is -2.14. The number of rotatable bonds is 8. The summed E-state index contributed by atoms with van der Waals surface area (Å²) in [5, 5.41) is 0. The SMILES string of the molecule is CCCC(=O)CSCC1(CC(=O)OC)CC1. The number of ketones is 1. The number of thioether (sulfide) groups is 1. The third kappa shape index (κ3) is 4.56. The predicted octanol–water partition coefficient (Wildman–Crippen LogP) is 2.43. The van der Waals surface area contributed by atoms with E-state index in [1.807, 2.05) is 6.92 Å². The molecule has 0 heterocycles. The van der Waals surface area contributed by atoms with Crippen molar-refractivity contribution in [3.05, 3.63) is 0 Å². The van der Waals surface area contributed by atoms with Crippen LogP contribution in [0.3, 0.4) is 0 Å². The fraction of sp³-hybridized carbons (Fsp3) is 0.833. The molecule has 0 unspecified atom stereocenters. The Bertz CT molecular complexity index is 259. The van der Waals surface area contributed by atoms with Gasteiger partial charge in [-0.05, 0) is 30.4 Å². The van der Waals surface area contributed by atoms with Crippen LogP contribution >= 0.6 is 11.8 Å². The van der Waals surface area contributed by atoms with Crippen molar-refractivity contribution in [2.24, 2.45) is 5.41 Å². The van der Waals surface area contributed by atoms with Crippen molar-refractivity contribution in [2.75, 3.05) is 18.6 Å². The van der Waals surface area contributed by atoms with Crippen molar-refractivity contribution in [2.45, 2.75) is 39.0 Å². The average molecular weight is 244 g/mol. The van der Waals surface area contributed by atoms with E-state index in [1.54, 1.807) is 11.8 Å². The smallest absolute Gasteiger partial charge is 0.306 e. The van der Waals surface area contributed by atoms with Crippen LogP contribution in [0, 0.1) is 5.41 Å². The summed E-state index contributed by atoms with van der Waals surface area (Å²) in [6.07, 6.45) is 4.30. The van der Waals surface area contributed by atoms with Gasteiger partial charge in [0.2, 0.25) is 0 Å². The summed E-state index contributed by atoms with van der Waals surface area (Å²) in [5.74, 6) is 1.70. The highest BCUT2D eigenvalue weighted by atomic mass is 32.2. The van der Waals surface area contributed by atoms with E-state index >= 15 is 0 Å². The molecule has 0 aromatic heterocycles. The molecule has 0 aromatic rings. The summed E-state index contributed by atoms with van der Waals surface area (Å²) in [7, 11) is 1.43. The lowest BCUT2D eigenvalue weighted by molar-refractivity contribution is -0.141. The molecule has 4 heteroatoms. The topological polar surface area (TPSA) is 43.4 Å². The lowest BCUT2D eigenvalue weighted by Gasteiger charge is -2.12. The molecule has 1 fully saturated rings. The molecule has 0 saturated heterocycles. The molecule has 0 aromatic carbocycles. The van der Waals surface area contributed by atoms with Crippen LogP contribution in [-0.2, 0) is 14.3 Å². The number of ether oxygens (including phenoxy) is 1. The molecule has 0 amide bonds. The number of esters is 1. The Balaban J connectivity index is 2.17. The minimum absolute atomic E-state index is 0.127. The highest BCUT2D eigenvalue weighted by molar-refractivity contribution is 8.00. The summed E-state index contributed by atoms with van der Waals surface area (Å²) in [5.41, 5.74) is 0.143. The van der Waals surface area contributed by atoms with Gasteiger partial charge in [-0.15, -0.1) is 0 Å². The van der Waals surface area contributed by atoms with Crippen LogP contribution in [0.25, 0.3) is 0 Å². The van der Waals surface area contributed by atoms with E-state index in [-0.39, 0.29) is 11.4 Å². The van der Waals surface area contributed by atoms with Crippen molar-refractivity contribution < 1.29 is 14.3 Å². The number of carbonyl (C=O) groups excluding carboxylic acids is 2. The summed E-state index contributed by atoms with van der Waals surface area (Å²) < 4.78 is 4.68. The van der Waals surface area contributed by atoms with Gasteiger partial charge in [-0.3, -0.25) is 9.59 Å². The van der Waals surface area contributed by atoms with Crippen LogP contribution in [0.4, 0.5) is 0 Å².